The van der Waals surface area contributed by atoms with Gasteiger partial charge in [0.25, 0.3) is 0 Å². The molecule has 0 fully saturated rings. The van der Waals surface area contributed by atoms with Gasteiger partial charge in [-0.05, 0) is 49.5 Å². The molecule has 0 atom stereocenters. The Morgan fingerprint density at radius 3 is 2.32 bits per heavy atom. The lowest BCUT2D eigenvalue weighted by molar-refractivity contribution is 0.268. The molecule has 0 amide bonds. The molecule has 0 radical (unpaired) electrons. The summed E-state index contributed by atoms with van der Waals surface area (Å²) in [6, 6.07) is 10.3. The van der Waals surface area contributed by atoms with Gasteiger partial charge in [-0.2, -0.15) is 0 Å². The van der Waals surface area contributed by atoms with E-state index in [-0.39, 0.29) is 12.4 Å². The van der Waals surface area contributed by atoms with Gasteiger partial charge in [0.05, 0.1) is 12.3 Å². The topological polar surface area (TPSA) is 41.3 Å². The van der Waals surface area contributed by atoms with Crippen molar-refractivity contribution in [3.63, 3.8) is 0 Å². The predicted molar refractivity (Wildman–Crippen MR) is 97.5 cm³/mol. The molecular weight excluding hydrogens is 317 g/mol. The molecule has 25 heavy (non-hydrogen) atoms. The van der Waals surface area contributed by atoms with Gasteiger partial charge in [0.2, 0.25) is 0 Å². The average Bonchev–Trinajstić information content (AvgIpc) is 3.00. The van der Waals surface area contributed by atoms with Crippen LogP contribution in [0.1, 0.15) is 5.69 Å². The Kier molecular flexibility index (Phi) is 5.26. The molecule has 0 saturated heterocycles. The zero-order chi connectivity index (χ0) is 17.8. The second-order valence-corrected chi connectivity index (χ2v) is 6.26. The highest BCUT2D eigenvalue weighted by molar-refractivity contribution is 5.85. The third kappa shape index (κ3) is 3.78. The van der Waals surface area contributed by atoms with Crippen molar-refractivity contribution in [3.05, 3.63) is 66.5 Å². The smallest absolute Gasteiger partial charge is 0.123 e. The number of pyridine rings is 1. The van der Waals surface area contributed by atoms with Crippen molar-refractivity contribution in [1.29, 1.82) is 0 Å². The number of aromatic nitrogens is 2. The van der Waals surface area contributed by atoms with Crippen molar-refractivity contribution in [3.8, 4) is 22.3 Å². The van der Waals surface area contributed by atoms with Crippen molar-refractivity contribution < 1.29 is 9.50 Å². The predicted octanol–water partition coefficient (Wildman–Crippen LogP) is 3.41. The van der Waals surface area contributed by atoms with Crippen molar-refractivity contribution in [2.75, 3.05) is 20.6 Å². The first-order valence-electron chi connectivity index (χ1n) is 8.24. The molecule has 1 N–H and O–H groups in total. The fourth-order valence-corrected chi connectivity index (χ4v) is 2.96. The van der Waals surface area contributed by atoms with E-state index in [1.54, 1.807) is 24.5 Å². The number of aliphatic hydroxyl groups is 1. The molecule has 0 aliphatic heterocycles. The Morgan fingerprint density at radius 2 is 1.72 bits per heavy atom. The molecule has 0 bridgehead atoms. The van der Waals surface area contributed by atoms with E-state index in [1.807, 2.05) is 26.2 Å². The molecule has 4 nitrogen and oxygen atoms in total. The summed E-state index contributed by atoms with van der Waals surface area (Å²) >= 11 is 0. The number of hydrogen-bond donors (Lipinski definition) is 1. The van der Waals surface area contributed by atoms with E-state index in [0.717, 1.165) is 41.0 Å². The van der Waals surface area contributed by atoms with Gasteiger partial charge in [0.15, 0.2) is 0 Å². The molecule has 0 saturated carbocycles. The van der Waals surface area contributed by atoms with E-state index in [1.165, 1.54) is 12.1 Å². The van der Waals surface area contributed by atoms with E-state index in [9.17, 15) is 9.50 Å². The van der Waals surface area contributed by atoms with E-state index in [2.05, 4.69) is 20.6 Å². The number of halogens is 1. The summed E-state index contributed by atoms with van der Waals surface area (Å²) < 4.78 is 15.4. The second-order valence-electron chi connectivity index (χ2n) is 6.26. The Bertz CT molecular complexity index is 826. The maximum absolute atomic E-state index is 13.4. The lowest BCUT2D eigenvalue weighted by Crippen LogP contribution is -2.19. The van der Waals surface area contributed by atoms with Crippen molar-refractivity contribution in [2.24, 2.45) is 0 Å². The Balaban J connectivity index is 2.16. The quantitative estimate of drug-likeness (QED) is 0.748. The molecular formula is C20H22FN3O. The maximum atomic E-state index is 13.4. The van der Waals surface area contributed by atoms with Crippen LogP contribution in [0.15, 0.2) is 55.0 Å². The average molecular weight is 339 g/mol. The first-order valence-corrected chi connectivity index (χ1v) is 8.24. The molecule has 3 aromatic rings. The van der Waals surface area contributed by atoms with Gasteiger partial charge in [-0.3, -0.25) is 4.98 Å². The molecule has 3 rings (SSSR count). The number of hydrogen-bond acceptors (Lipinski definition) is 3. The van der Waals surface area contributed by atoms with E-state index < -0.39 is 0 Å². The fourth-order valence-electron chi connectivity index (χ4n) is 2.96. The van der Waals surface area contributed by atoms with Crippen LogP contribution in [0.4, 0.5) is 4.39 Å². The van der Waals surface area contributed by atoms with Gasteiger partial charge < -0.3 is 14.6 Å². The summed E-state index contributed by atoms with van der Waals surface area (Å²) in [5, 5.41) is 10.0. The van der Waals surface area contributed by atoms with Gasteiger partial charge >= 0.3 is 0 Å². The molecule has 5 heteroatoms. The van der Waals surface area contributed by atoms with Gasteiger partial charge in [-0.15, -0.1) is 0 Å². The van der Waals surface area contributed by atoms with Gasteiger partial charge in [0.1, 0.15) is 5.82 Å². The molecule has 0 aliphatic rings. The highest BCUT2D eigenvalue weighted by atomic mass is 19.1. The van der Waals surface area contributed by atoms with Crippen LogP contribution >= 0.6 is 0 Å². The van der Waals surface area contributed by atoms with E-state index >= 15 is 0 Å². The van der Waals surface area contributed by atoms with Crippen molar-refractivity contribution >= 4 is 0 Å². The third-order valence-electron chi connectivity index (χ3n) is 4.25. The van der Waals surface area contributed by atoms with Crippen LogP contribution in [0, 0.1) is 5.82 Å². The largest absolute Gasteiger partial charge is 0.390 e. The number of benzene rings is 1. The van der Waals surface area contributed by atoms with Crippen LogP contribution in [0.5, 0.6) is 0 Å². The highest BCUT2D eigenvalue weighted by Crippen LogP contribution is 2.36. The lowest BCUT2D eigenvalue weighted by atomic mass is 9.97. The third-order valence-corrected chi connectivity index (χ3v) is 4.25. The first kappa shape index (κ1) is 17.3. The van der Waals surface area contributed by atoms with Gasteiger partial charge in [0, 0.05) is 42.8 Å². The van der Waals surface area contributed by atoms with Crippen LogP contribution in [-0.2, 0) is 13.2 Å². The highest BCUT2D eigenvalue weighted by Gasteiger charge is 2.18. The Labute approximate surface area is 147 Å². The zero-order valence-corrected chi connectivity index (χ0v) is 14.5. The fraction of sp³-hybridized carbons (Fsp3) is 0.250. The number of rotatable bonds is 6. The molecule has 2 aromatic heterocycles. The minimum absolute atomic E-state index is 0.0782. The Hall–Kier alpha value is -2.50. The van der Waals surface area contributed by atoms with Gasteiger partial charge in [-0.25, -0.2) is 4.39 Å². The SMILES string of the molecule is CN(C)CCn1cc(-c2ccncc2)c(-c2ccc(F)cc2)c1CO. The van der Waals surface area contributed by atoms with Crippen molar-refractivity contribution in [2.45, 2.75) is 13.2 Å². The minimum Gasteiger partial charge on any atom is -0.390 e. The Morgan fingerprint density at radius 1 is 1.04 bits per heavy atom. The van der Waals surface area contributed by atoms with E-state index in [4.69, 9.17) is 0 Å². The van der Waals surface area contributed by atoms with Crippen LogP contribution in [0.2, 0.25) is 0 Å². The minimum atomic E-state index is -0.271. The molecule has 1 aromatic carbocycles. The van der Waals surface area contributed by atoms with Crippen LogP contribution in [0.25, 0.3) is 22.3 Å². The van der Waals surface area contributed by atoms with Gasteiger partial charge in [-0.1, -0.05) is 12.1 Å². The van der Waals surface area contributed by atoms with Crippen LogP contribution in [0.3, 0.4) is 0 Å². The lowest BCUT2D eigenvalue weighted by Gasteiger charge is -2.13. The normalized spacial score (nSPS) is 11.2. The zero-order valence-electron chi connectivity index (χ0n) is 14.5. The number of likely N-dealkylation sites (N-methyl/N-ethyl adjacent to an activating group) is 1. The van der Waals surface area contributed by atoms with Crippen molar-refractivity contribution in [1.82, 2.24) is 14.5 Å². The molecule has 0 unspecified atom stereocenters. The molecule has 0 aliphatic carbocycles. The van der Waals surface area contributed by atoms with Crippen LogP contribution < -0.4 is 0 Å². The summed E-state index contributed by atoms with van der Waals surface area (Å²) in [6.45, 7) is 1.55. The summed E-state index contributed by atoms with van der Waals surface area (Å²) in [7, 11) is 4.04. The molecule has 2 heterocycles. The summed E-state index contributed by atoms with van der Waals surface area (Å²) in [4.78, 5) is 6.18. The summed E-state index contributed by atoms with van der Waals surface area (Å²) in [6.07, 6.45) is 5.56. The van der Waals surface area contributed by atoms with E-state index in [0.29, 0.717) is 0 Å². The number of nitrogens with zero attached hydrogens (tertiary/aromatic N) is 3. The maximum Gasteiger partial charge on any atom is 0.123 e. The molecule has 0 spiro atoms. The molecule has 130 valence electrons. The summed E-state index contributed by atoms with van der Waals surface area (Å²) in [5.74, 6) is -0.271. The summed E-state index contributed by atoms with van der Waals surface area (Å²) in [5.41, 5.74) is 4.69. The second kappa shape index (κ2) is 7.59. The monoisotopic (exact) mass is 339 g/mol. The first-order chi connectivity index (χ1) is 12.1. The number of aliphatic hydroxyl groups excluding tert-OH is 1. The standard InChI is InChI=1S/C20H22FN3O/c1-23(2)11-12-24-13-18(15-7-9-22-10-8-15)20(19(24)14-25)16-3-5-17(21)6-4-16/h3-10,13,25H,11-12,14H2,1-2H3. The van der Waals surface area contributed by atoms with Crippen LogP contribution in [-0.4, -0.2) is 40.2 Å².